The molecule has 0 aliphatic carbocycles. The van der Waals surface area contributed by atoms with E-state index in [1.165, 1.54) is 0 Å². The molecule has 1 aliphatic rings. The summed E-state index contributed by atoms with van der Waals surface area (Å²) in [6, 6.07) is 7.85. The second-order valence-corrected chi connectivity index (χ2v) is 5.18. The summed E-state index contributed by atoms with van der Waals surface area (Å²) in [6.07, 6.45) is 1.72. The van der Waals surface area contributed by atoms with Gasteiger partial charge in [0, 0.05) is 11.6 Å². The molecular weight excluding hydrogens is 250 g/mol. The molecule has 1 atom stereocenters. The lowest BCUT2D eigenvalue weighted by Gasteiger charge is -2.18. The van der Waals surface area contributed by atoms with Gasteiger partial charge in [-0.15, -0.1) is 0 Å². The highest BCUT2D eigenvalue weighted by molar-refractivity contribution is 6.31. The monoisotopic (exact) mass is 267 g/mol. The van der Waals surface area contributed by atoms with E-state index in [1.807, 2.05) is 31.3 Å². The van der Waals surface area contributed by atoms with Crippen molar-refractivity contribution in [3.8, 4) is 0 Å². The first-order valence-corrected chi connectivity index (χ1v) is 6.63. The van der Waals surface area contributed by atoms with Gasteiger partial charge < -0.3 is 9.64 Å². The third-order valence-electron chi connectivity index (χ3n) is 3.30. The molecule has 1 unspecified atom stereocenters. The average molecular weight is 268 g/mol. The Morgan fingerprint density at radius 3 is 2.89 bits per heavy atom. The van der Waals surface area contributed by atoms with Crippen LogP contribution in [0.1, 0.15) is 18.4 Å². The van der Waals surface area contributed by atoms with Crippen LogP contribution in [0.15, 0.2) is 24.3 Å². The first kappa shape index (κ1) is 13.4. The Hall–Kier alpha value is -1.06. The molecule has 1 aromatic rings. The Kier molecular flexibility index (Phi) is 4.61. The molecule has 3 nitrogen and oxygen atoms in total. The van der Waals surface area contributed by atoms with Crippen molar-refractivity contribution >= 4 is 17.6 Å². The van der Waals surface area contributed by atoms with Gasteiger partial charge in [-0.25, -0.2) is 0 Å². The van der Waals surface area contributed by atoms with Gasteiger partial charge in [0.05, 0.1) is 12.5 Å². The number of hydrogen-bond acceptors (Lipinski definition) is 3. The van der Waals surface area contributed by atoms with E-state index in [0.717, 1.165) is 36.5 Å². The van der Waals surface area contributed by atoms with Gasteiger partial charge in [0.1, 0.15) is 0 Å². The zero-order valence-electron chi connectivity index (χ0n) is 10.6. The zero-order chi connectivity index (χ0) is 13.0. The van der Waals surface area contributed by atoms with E-state index in [4.69, 9.17) is 16.3 Å². The molecule has 1 aromatic carbocycles. The maximum absolute atomic E-state index is 11.3. The predicted octanol–water partition coefficient (Wildman–Crippen LogP) is 2.73. The first-order chi connectivity index (χ1) is 8.66. The van der Waals surface area contributed by atoms with Gasteiger partial charge in [0.2, 0.25) is 0 Å². The van der Waals surface area contributed by atoms with Crippen LogP contribution in [0.5, 0.6) is 0 Å². The number of halogens is 1. The Labute approximate surface area is 113 Å². The van der Waals surface area contributed by atoms with Gasteiger partial charge in [-0.2, -0.15) is 0 Å². The highest BCUT2D eigenvalue weighted by Gasteiger charge is 2.26. The number of nitrogens with zero attached hydrogens (tertiary/aromatic N) is 1. The number of carbonyl (C=O) groups excluding carboxylic acids is 1. The van der Waals surface area contributed by atoms with Crippen LogP contribution in [0.25, 0.3) is 0 Å². The summed E-state index contributed by atoms with van der Waals surface area (Å²) in [4.78, 5) is 13.5. The molecule has 2 rings (SSSR count). The van der Waals surface area contributed by atoms with E-state index in [-0.39, 0.29) is 11.9 Å². The smallest absolute Gasteiger partial charge is 0.309 e. The number of carbonyl (C=O) groups is 1. The van der Waals surface area contributed by atoms with Crippen LogP contribution in [-0.2, 0) is 16.1 Å². The topological polar surface area (TPSA) is 29.5 Å². The molecular formula is C14H18ClNO2. The molecule has 1 fully saturated rings. The molecule has 1 heterocycles. The molecule has 1 aliphatic heterocycles. The predicted molar refractivity (Wildman–Crippen MR) is 71.5 cm³/mol. The molecule has 0 radical (unpaired) electrons. The molecule has 0 spiro atoms. The van der Waals surface area contributed by atoms with Crippen LogP contribution in [0.2, 0.25) is 5.02 Å². The van der Waals surface area contributed by atoms with Crippen molar-refractivity contribution in [3.63, 3.8) is 0 Å². The summed E-state index contributed by atoms with van der Waals surface area (Å²) in [5, 5.41) is 0.796. The summed E-state index contributed by atoms with van der Waals surface area (Å²) < 4.78 is 4.96. The van der Waals surface area contributed by atoms with E-state index in [0.29, 0.717) is 6.61 Å². The molecule has 1 saturated heterocycles. The molecule has 0 bridgehead atoms. The standard InChI is InChI=1S/C14H18ClNO2/c1-16(8-6-11-7-9-18-14(11)17)10-12-4-2-3-5-13(12)15/h2-5,11H,6-10H2,1H3. The van der Waals surface area contributed by atoms with Crippen LogP contribution in [0.3, 0.4) is 0 Å². The van der Waals surface area contributed by atoms with Crippen LogP contribution >= 0.6 is 11.6 Å². The molecule has 18 heavy (non-hydrogen) atoms. The fraction of sp³-hybridized carbons (Fsp3) is 0.500. The number of cyclic esters (lactones) is 1. The number of benzene rings is 1. The fourth-order valence-corrected chi connectivity index (χ4v) is 2.37. The quantitative estimate of drug-likeness (QED) is 0.769. The van der Waals surface area contributed by atoms with Gasteiger partial charge in [0.15, 0.2) is 0 Å². The minimum Gasteiger partial charge on any atom is -0.465 e. The van der Waals surface area contributed by atoms with Crippen LogP contribution in [-0.4, -0.2) is 31.1 Å². The maximum Gasteiger partial charge on any atom is 0.309 e. The summed E-state index contributed by atoms with van der Waals surface area (Å²) in [5.74, 6) is 0.0415. The summed E-state index contributed by atoms with van der Waals surface area (Å²) >= 11 is 6.12. The summed E-state index contributed by atoms with van der Waals surface area (Å²) in [5.41, 5.74) is 1.12. The number of esters is 1. The van der Waals surface area contributed by atoms with Crippen molar-refractivity contribution in [1.82, 2.24) is 4.90 Å². The van der Waals surface area contributed by atoms with Crippen LogP contribution in [0, 0.1) is 5.92 Å². The van der Waals surface area contributed by atoms with Gasteiger partial charge in [-0.05, 0) is 38.1 Å². The lowest BCUT2D eigenvalue weighted by Crippen LogP contribution is -2.22. The third kappa shape index (κ3) is 3.47. The van der Waals surface area contributed by atoms with E-state index in [1.54, 1.807) is 0 Å². The molecule has 98 valence electrons. The van der Waals surface area contributed by atoms with E-state index < -0.39 is 0 Å². The molecule has 4 heteroatoms. The second-order valence-electron chi connectivity index (χ2n) is 4.77. The second kappa shape index (κ2) is 6.21. The van der Waals surface area contributed by atoms with Crippen molar-refractivity contribution in [3.05, 3.63) is 34.9 Å². The Bertz CT molecular complexity index is 422. The Morgan fingerprint density at radius 1 is 1.44 bits per heavy atom. The Morgan fingerprint density at radius 2 is 2.22 bits per heavy atom. The van der Waals surface area contributed by atoms with E-state index >= 15 is 0 Å². The molecule has 0 saturated carbocycles. The lowest BCUT2D eigenvalue weighted by atomic mass is 10.0. The van der Waals surface area contributed by atoms with Crippen molar-refractivity contribution < 1.29 is 9.53 Å². The highest BCUT2D eigenvalue weighted by Crippen LogP contribution is 2.20. The molecule has 0 aromatic heterocycles. The van der Waals surface area contributed by atoms with Gasteiger partial charge in [-0.3, -0.25) is 4.79 Å². The minimum absolute atomic E-state index is 0.0406. The van der Waals surface area contributed by atoms with Crippen LogP contribution in [0.4, 0.5) is 0 Å². The largest absolute Gasteiger partial charge is 0.465 e. The number of rotatable bonds is 5. The number of ether oxygens (including phenoxy) is 1. The van der Waals surface area contributed by atoms with Crippen molar-refractivity contribution in [2.75, 3.05) is 20.2 Å². The van der Waals surface area contributed by atoms with Gasteiger partial charge >= 0.3 is 5.97 Å². The SMILES string of the molecule is CN(CCC1CCOC1=O)Cc1ccccc1Cl. The van der Waals surface area contributed by atoms with Gasteiger partial charge in [0.25, 0.3) is 0 Å². The normalized spacial score (nSPS) is 19.3. The van der Waals surface area contributed by atoms with E-state index in [2.05, 4.69) is 4.90 Å². The summed E-state index contributed by atoms with van der Waals surface area (Å²) in [6.45, 7) is 2.27. The average Bonchev–Trinajstić information content (AvgIpc) is 2.75. The van der Waals surface area contributed by atoms with E-state index in [9.17, 15) is 4.79 Å². The fourth-order valence-electron chi connectivity index (χ4n) is 2.17. The van der Waals surface area contributed by atoms with Crippen molar-refractivity contribution in [2.24, 2.45) is 5.92 Å². The summed E-state index contributed by atoms with van der Waals surface area (Å²) in [7, 11) is 2.05. The Balaban J connectivity index is 1.80. The molecule has 0 N–H and O–H groups in total. The highest BCUT2D eigenvalue weighted by atomic mass is 35.5. The van der Waals surface area contributed by atoms with Crippen molar-refractivity contribution in [2.45, 2.75) is 19.4 Å². The van der Waals surface area contributed by atoms with Crippen LogP contribution < -0.4 is 0 Å². The van der Waals surface area contributed by atoms with Gasteiger partial charge in [-0.1, -0.05) is 29.8 Å². The maximum atomic E-state index is 11.3. The third-order valence-corrected chi connectivity index (χ3v) is 3.67. The zero-order valence-corrected chi connectivity index (χ0v) is 11.3. The number of hydrogen-bond donors (Lipinski definition) is 0. The first-order valence-electron chi connectivity index (χ1n) is 6.25. The lowest BCUT2D eigenvalue weighted by molar-refractivity contribution is -0.141. The van der Waals surface area contributed by atoms with Crippen molar-refractivity contribution in [1.29, 1.82) is 0 Å². The minimum atomic E-state index is -0.0406. The molecule has 0 amide bonds.